The number of thiophene rings is 1. The Morgan fingerprint density at radius 2 is 2.35 bits per heavy atom. The number of aryl methyl sites for hydroxylation is 1. The summed E-state index contributed by atoms with van der Waals surface area (Å²) < 4.78 is 1.20. The highest BCUT2D eigenvalue weighted by Gasteiger charge is 2.07. The van der Waals surface area contributed by atoms with Crippen LogP contribution in [0.15, 0.2) is 35.1 Å². The van der Waals surface area contributed by atoms with E-state index in [1.54, 1.807) is 6.20 Å². The molecule has 17 heavy (non-hydrogen) atoms. The summed E-state index contributed by atoms with van der Waals surface area (Å²) in [5, 5.41) is 3.51. The third-order valence-electron chi connectivity index (χ3n) is 2.68. The highest BCUT2D eigenvalue weighted by Crippen LogP contribution is 2.26. The number of nitrogens with zero attached hydrogens (tertiary/aromatic N) is 1. The lowest BCUT2D eigenvalue weighted by molar-refractivity contribution is 0.577. The molecule has 2 rings (SSSR count). The molecular weight excluding hydrogens is 296 g/mol. The molecule has 0 amide bonds. The number of nitrogens with one attached hydrogen (secondary N) is 1. The molecule has 2 heterocycles. The Hall–Kier alpha value is -0.710. The van der Waals surface area contributed by atoms with Crippen molar-refractivity contribution in [3.63, 3.8) is 0 Å². The first kappa shape index (κ1) is 12.7. The van der Waals surface area contributed by atoms with Crippen LogP contribution in [0.1, 0.15) is 28.3 Å². The number of rotatable bonds is 4. The Labute approximate surface area is 114 Å². The van der Waals surface area contributed by atoms with Gasteiger partial charge in [-0.2, -0.15) is 0 Å². The van der Waals surface area contributed by atoms with Gasteiger partial charge in [-0.3, -0.25) is 4.98 Å². The van der Waals surface area contributed by atoms with Gasteiger partial charge in [0.1, 0.15) is 0 Å². The van der Waals surface area contributed by atoms with Crippen LogP contribution in [0.4, 0.5) is 0 Å². The van der Waals surface area contributed by atoms with Crippen LogP contribution < -0.4 is 5.32 Å². The zero-order valence-electron chi connectivity index (χ0n) is 9.90. The van der Waals surface area contributed by atoms with E-state index in [1.807, 2.05) is 23.6 Å². The lowest BCUT2D eigenvalue weighted by Crippen LogP contribution is -2.17. The molecule has 4 heteroatoms. The summed E-state index contributed by atoms with van der Waals surface area (Å²) in [6, 6.07) is 6.58. The maximum atomic E-state index is 4.13. The number of aromatic nitrogens is 1. The molecule has 0 saturated heterocycles. The fourth-order valence-corrected chi connectivity index (χ4v) is 3.16. The van der Waals surface area contributed by atoms with Crippen LogP contribution >= 0.6 is 27.3 Å². The predicted molar refractivity (Wildman–Crippen MR) is 76.2 cm³/mol. The highest BCUT2D eigenvalue weighted by atomic mass is 79.9. The molecule has 2 nitrogen and oxygen atoms in total. The van der Waals surface area contributed by atoms with Crippen molar-refractivity contribution in [2.24, 2.45) is 0 Å². The summed E-state index contributed by atoms with van der Waals surface area (Å²) in [4.78, 5) is 6.82. The van der Waals surface area contributed by atoms with Gasteiger partial charge in [0.05, 0.1) is 0 Å². The van der Waals surface area contributed by atoms with Crippen molar-refractivity contribution in [2.75, 3.05) is 0 Å². The fourth-order valence-electron chi connectivity index (χ4n) is 1.61. The van der Waals surface area contributed by atoms with Gasteiger partial charge in [-0.05, 0) is 47.5 Å². The fraction of sp³-hybridized carbons (Fsp3) is 0.308. The van der Waals surface area contributed by atoms with Gasteiger partial charge in [0, 0.05) is 39.2 Å². The molecule has 0 spiro atoms. The van der Waals surface area contributed by atoms with Crippen LogP contribution in [0.2, 0.25) is 0 Å². The molecule has 0 aromatic carbocycles. The van der Waals surface area contributed by atoms with Gasteiger partial charge >= 0.3 is 0 Å². The molecule has 0 radical (unpaired) electrons. The van der Waals surface area contributed by atoms with Gasteiger partial charge in [-0.15, -0.1) is 11.3 Å². The Morgan fingerprint density at radius 3 is 2.94 bits per heavy atom. The van der Waals surface area contributed by atoms with E-state index in [0.717, 1.165) is 6.54 Å². The molecule has 90 valence electrons. The van der Waals surface area contributed by atoms with Gasteiger partial charge in [0.2, 0.25) is 0 Å². The maximum absolute atomic E-state index is 4.13. The quantitative estimate of drug-likeness (QED) is 0.921. The van der Waals surface area contributed by atoms with Crippen molar-refractivity contribution in [2.45, 2.75) is 26.4 Å². The third kappa shape index (κ3) is 3.37. The Bertz CT molecular complexity index is 462. The van der Waals surface area contributed by atoms with Crippen LogP contribution in [-0.2, 0) is 6.54 Å². The topological polar surface area (TPSA) is 24.9 Å². The molecule has 1 N–H and O–H groups in total. The third-order valence-corrected chi connectivity index (χ3v) is 4.81. The Morgan fingerprint density at radius 1 is 1.53 bits per heavy atom. The van der Waals surface area contributed by atoms with E-state index in [-0.39, 0.29) is 0 Å². The van der Waals surface area contributed by atoms with Gasteiger partial charge < -0.3 is 5.32 Å². The number of pyridine rings is 1. The first-order valence-electron chi connectivity index (χ1n) is 5.55. The second kappa shape index (κ2) is 5.76. The summed E-state index contributed by atoms with van der Waals surface area (Å²) in [7, 11) is 0. The van der Waals surface area contributed by atoms with E-state index in [9.17, 15) is 0 Å². The smallest absolute Gasteiger partial charge is 0.0315 e. The molecule has 1 unspecified atom stereocenters. The second-order valence-corrected chi connectivity index (χ2v) is 6.20. The summed E-state index contributed by atoms with van der Waals surface area (Å²) in [6.07, 6.45) is 3.71. The van der Waals surface area contributed by atoms with E-state index in [0.29, 0.717) is 6.04 Å². The molecule has 0 fully saturated rings. The average Bonchev–Trinajstić information content (AvgIpc) is 2.67. The lowest BCUT2D eigenvalue weighted by Gasteiger charge is -2.12. The van der Waals surface area contributed by atoms with Gasteiger partial charge in [0.25, 0.3) is 0 Å². The summed E-state index contributed by atoms with van der Waals surface area (Å²) in [5.74, 6) is 0. The van der Waals surface area contributed by atoms with Crippen molar-refractivity contribution in [1.82, 2.24) is 10.3 Å². The lowest BCUT2D eigenvalue weighted by atomic mass is 10.1. The van der Waals surface area contributed by atoms with Crippen LogP contribution in [0.5, 0.6) is 0 Å². The number of hydrogen-bond acceptors (Lipinski definition) is 3. The zero-order valence-corrected chi connectivity index (χ0v) is 12.3. The van der Waals surface area contributed by atoms with Crippen molar-refractivity contribution in [3.8, 4) is 0 Å². The minimum absolute atomic E-state index is 0.324. The molecule has 0 aliphatic rings. The number of halogens is 1. The van der Waals surface area contributed by atoms with E-state index in [4.69, 9.17) is 0 Å². The normalized spacial score (nSPS) is 12.6. The van der Waals surface area contributed by atoms with Crippen LogP contribution in [0, 0.1) is 6.92 Å². The molecule has 0 aliphatic heterocycles. The van der Waals surface area contributed by atoms with Crippen molar-refractivity contribution in [3.05, 3.63) is 50.4 Å². The minimum Gasteiger partial charge on any atom is -0.305 e. The summed E-state index contributed by atoms with van der Waals surface area (Å²) >= 11 is 5.37. The van der Waals surface area contributed by atoms with Crippen molar-refractivity contribution < 1.29 is 0 Å². The SMILES string of the molecule is Cc1sc(CNC(C)c2cccnc2)cc1Br. The van der Waals surface area contributed by atoms with E-state index in [2.05, 4.69) is 52.2 Å². The van der Waals surface area contributed by atoms with Gasteiger partial charge in [-0.1, -0.05) is 6.07 Å². The molecule has 0 saturated carbocycles. The summed E-state index contributed by atoms with van der Waals surface area (Å²) in [6.45, 7) is 5.18. The molecule has 0 aliphatic carbocycles. The highest BCUT2D eigenvalue weighted by molar-refractivity contribution is 9.10. The van der Waals surface area contributed by atoms with Gasteiger partial charge in [0.15, 0.2) is 0 Å². The van der Waals surface area contributed by atoms with Crippen LogP contribution in [0.25, 0.3) is 0 Å². The first-order valence-corrected chi connectivity index (χ1v) is 7.16. The average molecular weight is 311 g/mol. The minimum atomic E-state index is 0.324. The number of hydrogen-bond donors (Lipinski definition) is 1. The largest absolute Gasteiger partial charge is 0.305 e. The van der Waals surface area contributed by atoms with Crippen molar-refractivity contribution in [1.29, 1.82) is 0 Å². The molecule has 2 aromatic rings. The molecule has 2 aromatic heterocycles. The molecule has 0 bridgehead atoms. The van der Waals surface area contributed by atoms with Crippen molar-refractivity contribution >= 4 is 27.3 Å². The predicted octanol–water partition coefficient (Wildman–Crippen LogP) is 4.06. The van der Waals surface area contributed by atoms with E-state index < -0.39 is 0 Å². The van der Waals surface area contributed by atoms with E-state index >= 15 is 0 Å². The molecule has 1 atom stereocenters. The standard InChI is InChI=1S/C13H15BrN2S/c1-9(11-4-3-5-15-7-11)16-8-12-6-13(14)10(2)17-12/h3-7,9,16H,8H2,1-2H3. The second-order valence-electron chi connectivity index (χ2n) is 4.01. The molecular formula is C13H15BrN2S. The summed E-state index contributed by atoms with van der Waals surface area (Å²) in [5.41, 5.74) is 1.22. The zero-order chi connectivity index (χ0) is 12.3. The first-order chi connectivity index (χ1) is 8.16. The Balaban J connectivity index is 1.94. The van der Waals surface area contributed by atoms with Crippen LogP contribution in [-0.4, -0.2) is 4.98 Å². The maximum Gasteiger partial charge on any atom is 0.0315 e. The Kier molecular flexibility index (Phi) is 4.31. The van der Waals surface area contributed by atoms with Gasteiger partial charge in [-0.25, -0.2) is 0 Å². The van der Waals surface area contributed by atoms with Crippen LogP contribution in [0.3, 0.4) is 0 Å². The monoisotopic (exact) mass is 310 g/mol. The van der Waals surface area contributed by atoms with E-state index in [1.165, 1.54) is 19.8 Å².